The lowest BCUT2D eigenvalue weighted by atomic mass is 10.1. The van der Waals surface area contributed by atoms with Crippen LogP contribution < -0.4 is 10.5 Å². The minimum atomic E-state index is -2.08. The van der Waals surface area contributed by atoms with Gasteiger partial charge in [0.25, 0.3) is 5.91 Å². The van der Waals surface area contributed by atoms with E-state index < -0.39 is 29.9 Å². The fourth-order valence-electron chi connectivity index (χ4n) is 1.07. The van der Waals surface area contributed by atoms with Crippen molar-refractivity contribution in [3.8, 4) is 5.75 Å². The number of hydrogen-bond donors (Lipinski definition) is 3. The summed E-state index contributed by atoms with van der Waals surface area (Å²) in [6.45, 7) is 0.487. The van der Waals surface area contributed by atoms with Gasteiger partial charge in [-0.1, -0.05) is 0 Å². The number of carboxylic acid groups (broad SMARTS) is 1. The topological polar surface area (TPSA) is 110 Å². The molecule has 1 aromatic carbocycles. The second-order valence-corrected chi connectivity index (χ2v) is 3.87. The van der Waals surface area contributed by atoms with Crippen LogP contribution in [-0.2, 0) is 4.79 Å². The number of primary amides is 1. The number of nitrogens with two attached hydrogens (primary N) is 1. The summed E-state index contributed by atoms with van der Waals surface area (Å²) in [5, 5.41) is 18.0. The molecule has 0 saturated carbocycles. The summed E-state index contributed by atoms with van der Waals surface area (Å²) in [5.74, 6) is -3.28. The average Bonchev–Trinajstić information content (AvgIpc) is 2.25. The predicted octanol–water partition coefficient (Wildman–Crippen LogP) is 0.139. The summed E-state index contributed by atoms with van der Waals surface area (Å²) < 4.78 is 18.2. The van der Waals surface area contributed by atoms with Crippen molar-refractivity contribution in [1.29, 1.82) is 0 Å². The number of halogens is 1. The molecule has 4 N–H and O–H groups in total. The lowest BCUT2D eigenvalue weighted by Gasteiger charge is -2.18. The van der Waals surface area contributed by atoms with Gasteiger partial charge in [0.2, 0.25) is 0 Å². The second-order valence-electron chi connectivity index (χ2n) is 3.87. The van der Waals surface area contributed by atoms with Gasteiger partial charge in [-0.05, 0) is 19.1 Å². The van der Waals surface area contributed by atoms with Crippen LogP contribution in [0.15, 0.2) is 18.2 Å². The lowest BCUT2D eigenvalue weighted by Crippen LogP contribution is -2.41. The van der Waals surface area contributed by atoms with Crippen LogP contribution in [0.4, 0.5) is 4.39 Å². The second kappa shape index (κ2) is 5.01. The van der Waals surface area contributed by atoms with E-state index in [1.54, 1.807) is 0 Å². The zero-order chi connectivity index (χ0) is 13.9. The summed E-state index contributed by atoms with van der Waals surface area (Å²) in [7, 11) is 0. The summed E-state index contributed by atoms with van der Waals surface area (Å²) >= 11 is 0. The first kappa shape index (κ1) is 13.9. The largest absolute Gasteiger partial charge is 0.490 e. The molecule has 7 heteroatoms. The van der Waals surface area contributed by atoms with E-state index in [4.69, 9.17) is 15.6 Å². The average molecular weight is 257 g/mol. The highest BCUT2D eigenvalue weighted by Crippen LogP contribution is 2.18. The van der Waals surface area contributed by atoms with Crippen LogP contribution in [0.1, 0.15) is 17.3 Å². The Hall–Kier alpha value is -2.15. The molecule has 18 heavy (non-hydrogen) atoms. The van der Waals surface area contributed by atoms with Crippen LogP contribution in [0.3, 0.4) is 0 Å². The molecule has 0 fully saturated rings. The van der Waals surface area contributed by atoms with Crippen molar-refractivity contribution in [3.63, 3.8) is 0 Å². The monoisotopic (exact) mass is 257 g/mol. The van der Waals surface area contributed by atoms with E-state index in [0.29, 0.717) is 0 Å². The SMILES string of the molecule is CC(O)(COc1ccc(C(N)=O)c(F)c1)C(=O)O. The van der Waals surface area contributed by atoms with Crippen LogP contribution >= 0.6 is 0 Å². The van der Waals surface area contributed by atoms with E-state index >= 15 is 0 Å². The number of rotatable bonds is 5. The zero-order valence-corrected chi connectivity index (χ0v) is 9.51. The number of hydrogen-bond acceptors (Lipinski definition) is 4. The van der Waals surface area contributed by atoms with E-state index in [1.807, 2.05) is 0 Å². The highest BCUT2D eigenvalue weighted by Gasteiger charge is 2.31. The first-order chi connectivity index (χ1) is 8.24. The van der Waals surface area contributed by atoms with Crippen LogP contribution in [0, 0.1) is 5.82 Å². The highest BCUT2D eigenvalue weighted by atomic mass is 19.1. The first-order valence-electron chi connectivity index (χ1n) is 4.92. The molecule has 0 aliphatic heterocycles. The fraction of sp³-hybridized carbons (Fsp3) is 0.273. The lowest BCUT2D eigenvalue weighted by molar-refractivity contribution is -0.159. The van der Waals surface area contributed by atoms with Crippen LogP contribution in [-0.4, -0.2) is 34.3 Å². The molecular weight excluding hydrogens is 245 g/mol. The number of amides is 1. The number of aliphatic hydroxyl groups is 1. The van der Waals surface area contributed by atoms with Gasteiger partial charge in [-0.15, -0.1) is 0 Å². The van der Waals surface area contributed by atoms with Gasteiger partial charge in [0, 0.05) is 6.07 Å². The molecule has 1 unspecified atom stereocenters. The number of carbonyl (C=O) groups excluding carboxylic acids is 1. The van der Waals surface area contributed by atoms with Crippen molar-refractivity contribution < 1.29 is 28.9 Å². The van der Waals surface area contributed by atoms with Gasteiger partial charge in [-0.25, -0.2) is 9.18 Å². The Morgan fingerprint density at radius 3 is 2.56 bits per heavy atom. The van der Waals surface area contributed by atoms with Gasteiger partial charge < -0.3 is 20.7 Å². The van der Waals surface area contributed by atoms with Crippen LogP contribution in [0.5, 0.6) is 5.75 Å². The quantitative estimate of drug-likeness (QED) is 0.695. The Labute approximate surface area is 102 Å². The highest BCUT2D eigenvalue weighted by molar-refractivity contribution is 5.93. The van der Waals surface area contributed by atoms with E-state index in [1.165, 1.54) is 6.07 Å². The normalized spacial score (nSPS) is 13.7. The van der Waals surface area contributed by atoms with Crippen molar-refractivity contribution in [3.05, 3.63) is 29.6 Å². The third-order valence-electron chi connectivity index (χ3n) is 2.19. The van der Waals surface area contributed by atoms with Gasteiger partial charge in [0.05, 0.1) is 5.56 Å². The van der Waals surface area contributed by atoms with Crippen molar-refractivity contribution in [2.75, 3.05) is 6.61 Å². The fourth-order valence-corrected chi connectivity index (χ4v) is 1.07. The van der Waals surface area contributed by atoms with Crippen molar-refractivity contribution in [2.24, 2.45) is 5.73 Å². The number of ether oxygens (including phenoxy) is 1. The summed E-state index contributed by atoms with van der Waals surface area (Å²) in [6.07, 6.45) is 0. The van der Waals surface area contributed by atoms with Gasteiger partial charge in [0.1, 0.15) is 18.2 Å². The summed E-state index contributed by atoms with van der Waals surface area (Å²) in [5.41, 5.74) is 2.53. The molecule has 0 heterocycles. The molecule has 0 spiro atoms. The Bertz CT molecular complexity index is 486. The molecule has 0 radical (unpaired) electrons. The third-order valence-corrected chi connectivity index (χ3v) is 2.19. The molecule has 6 nitrogen and oxygen atoms in total. The van der Waals surface area contributed by atoms with Crippen LogP contribution in [0.25, 0.3) is 0 Å². The summed E-state index contributed by atoms with van der Waals surface area (Å²) in [6, 6.07) is 3.25. The number of benzene rings is 1. The Kier molecular flexibility index (Phi) is 3.87. The maximum Gasteiger partial charge on any atom is 0.339 e. The maximum atomic E-state index is 13.3. The van der Waals surface area contributed by atoms with Crippen molar-refractivity contribution >= 4 is 11.9 Å². The Balaban J connectivity index is 2.79. The van der Waals surface area contributed by atoms with Gasteiger partial charge in [-0.2, -0.15) is 0 Å². The van der Waals surface area contributed by atoms with Gasteiger partial charge >= 0.3 is 5.97 Å². The number of carboxylic acids is 1. The molecule has 1 rings (SSSR count). The van der Waals surface area contributed by atoms with Crippen molar-refractivity contribution in [2.45, 2.75) is 12.5 Å². The number of carbonyl (C=O) groups is 2. The van der Waals surface area contributed by atoms with E-state index in [0.717, 1.165) is 19.1 Å². The van der Waals surface area contributed by atoms with E-state index in [2.05, 4.69) is 0 Å². The molecule has 0 aliphatic rings. The molecule has 1 amide bonds. The summed E-state index contributed by atoms with van der Waals surface area (Å²) in [4.78, 5) is 21.4. The molecule has 1 aromatic rings. The third kappa shape index (κ3) is 3.17. The minimum absolute atomic E-state index is 0.0148. The standard InChI is InChI=1S/C11H12FNO5/c1-11(17,10(15)16)5-18-6-2-3-7(9(13)14)8(12)4-6/h2-4,17H,5H2,1H3,(H2,13,14)(H,15,16). The maximum absolute atomic E-state index is 13.3. The molecule has 0 aliphatic carbocycles. The smallest absolute Gasteiger partial charge is 0.339 e. The first-order valence-corrected chi connectivity index (χ1v) is 4.92. The molecule has 0 saturated heterocycles. The van der Waals surface area contributed by atoms with Crippen molar-refractivity contribution in [1.82, 2.24) is 0 Å². The molecule has 1 atom stereocenters. The number of aliphatic carboxylic acids is 1. The Morgan fingerprint density at radius 1 is 1.50 bits per heavy atom. The van der Waals surface area contributed by atoms with Gasteiger partial charge in [0.15, 0.2) is 5.60 Å². The minimum Gasteiger partial charge on any atom is -0.490 e. The van der Waals surface area contributed by atoms with E-state index in [9.17, 15) is 19.1 Å². The van der Waals surface area contributed by atoms with E-state index in [-0.39, 0.29) is 11.3 Å². The molecule has 0 aromatic heterocycles. The molecular formula is C11H12FNO5. The van der Waals surface area contributed by atoms with Crippen LogP contribution in [0.2, 0.25) is 0 Å². The molecule has 0 bridgehead atoms. The Morgan fingerprint density at radius 2 is 2.11 bits per heavy atom. The van der Waals surface area contributed by atoms with Gasteiger partial charge in [-0.3, -0.25) is 4.79 Å². The zero-order valence-electron chi connectivity index (χ0n) is 9.51. The predicted molar refractivity (Wildman–Crippen MR) is 58.7 cm³/mol. The molecule has 98 valence electrons.